The van der Waals surface area contributed by atoms with E-state index in [0.717, 1.165) is 9.99 Å². The maximum atomic E-state index is 10.9. The van der Waals surface area contributed by atoms with E-state index in [0.29, 0.717) is 11.1 Å². The minimum absolute atomic E-state index is 0.246. The van der Waals surface area contributed by atoms with E-state index >= 15 is 0 Å². The van der Waals surface area contributed by atoms with E-state index in [1.165, 1.54) is 6.20 Å². The lowest BCUT2D eigenvalue weighted by molar-refractivity contribution is 0.0699. The van der Waals surface area contributed by atoms with Crippen LogP contribution in [-0.4, -0.2) is 23.2 Å². The summed E-state index contributed by atoms with van der Waals surface area (Å²) >= 11 is 3.33. The molecular weight excluding hydrogens is 262 g/mol. The lowest BCUT2D eigenvalue weighted by Crippen LogP contribution is -1.94. The van der Waals surface area contributed by atoms with E-state index in [1.54, 1.807) is 19.2 Å². The van der Waals surface area contributed by atoms with E-state index in [4.69, 9.17) is 9.84 Å². The van der Waals surface area contributed by atoms with Crippen LogP contribution in [0.3, 0.4) is 0 Å². The van der Waals surface area contributed by atoms with Crippen LogP contribution >= 0.6 is 15.9 Å². The van der Waals surface area contributed by atoms with Crippen molar-refractivity contribution in [2.24, 2.45) is 0 Å². The summed E-state index contributed by atoms with van der Waals surface area (Å²) < 4.78 is 5.89. The number of nitrogens with one attached hydrogen (secondary N) is 1. The zero-order valence-corrected chi connectivity index (χ0v) is 9.46. The number of halogens is 1. The molecule has 0 radical (unpaired) electrons. The Labute approximate surface area is 94.0 Å². The maximum Gasteiger partial charge on any atom is 0.337 e. The summed E-state index contributed by atoms with van der Waals surface area (Å²) in [5, 5.41) is 9.57. The third-order valence-corrected chi connectivity index (χ3v) is 2.80. The molecule has 0 aliphatic heterocycles. The SMILES string of the molecule is COc1cc2c(C(=O)O)c[nH]c2cc1Br. The molecule has 0 saturated heterocycles. The molecule has 2 rings (SSSR count). The van der Waals surface area contributed by atoms with Crippen LogP contribution < -0.4 is 4.74 Å². The van der Waals surface area contributed by atoms with Crippen molar-refractivity contribution in [1.29, 1.82) is 0 Å². The van der Waals surface area contributed by atoms with Gasteiger partial charge in [-0.05, 0) is 28.1 Å². The van der Waals surface area contributed by atoms with Gasteiger partial charge in [-0.25, -0.2) is 4.79 Å². The number of rotatable bonds is 2. The number of hydrogen-bond acceptors (Lipinski definition) is 2. The van der Waals surface area contributed by atoms with Gasteiger partial charge in [0.2, 0.25) is 0 Å². The van der Waals surface area contributed by atoms with Gasteiger partial charge in [-0.1, -0.05) is 0 Å². The molecule has 0 spiro atoms. The number of carboxylic acid groups (broad SMARTS) is 1. The Morgan fingerprint density at radius 1 is 1.53 bits per heavy atom. The molecule has 0 fully saturated rings. The number of ether oxygens (including phenoxy) is 1. The van der Waals surface area contributed by atoms with E-state index in [9.17, 15) is 4.79 Å². The Balaban J connectivity index is 2.74. The Kier molecular flexibility index (Phi) is 2.40. The van der Waals surface area contributed by atoms with Gasteiger partial charge in [0.1, 0.15) is 5.75 Å². The maximum absolute atomic E-state index is 10.9. The minimum Gasteiger partial charge on any atom is -0.496 e. The van der Waals surface area contributed by atoms with Crippen molar-refractivity contribution in [3.8, 4) is 5.75 Å². The first-order chi connectivity index (χ1) is 7.13. The molecule has 0 amide bonds. The van der Waals surface area contributed by atoms with E-state index in [1.807, 2.05) is 0 Å². The summed E-state index contributed by atoms with van der Waals surface area (Å²) in [7, 11) is 1.54. The highest BCUT2D eigenvalue weighted by atomic mass is 79.9. The number of aromatic nitrogens is 1. The smallest absolute Gasteiger partial charge is 0.337 e. The lowest BCUT2D eigenvalue weighted by atomic mass is 10.2. The van der Waals surface area contributed by atoms with E-state index < -0.39 is 5.97 Å². The first kappa shape index (κ1) is 10.0. The van der Waals surface area contributed by atoms with Crippen molar-refractivity contribution in [1.82, 2.24) is 4.98 Å². The molecule has 5 heteroatoms. The zero-order valence-electron chi connectivity index (χ0n) is 7.87. The first-order valence-electron chi connectivity index (χ1n) is 4.21. The van der Waals surface area contributed by atoms with Crippen LogP contribution in [0, 0.1) is 0 Å². The number of hydrogen-bond donors (Lipinski definition) is 2. The molecule has 2 aromatic rings. The normalized spacial score (nSPS) is 10.5. The summed E-state index contributed by atoms with van der Waals surface area (Å²) in [6.45, 7) is 0. The average molecular weight is 270 g/mol. The number of carboxylic acids is 1. The number of H-pyrrole nitrogens is 1. The molecule has 0 saturated carbocycles. The predicted molar refractivity (Wildman–Crippen MR) is 59.5 cm³/mol. The van der Waals surface area contributed by atoms with Crippen LogP contribution in [0.5, 0.6) is 5.75 Å². The second kappa shape index (κ2) is 3.58. The Morgan fingerprint density at radius 2 is 2.27 bits per heavy atom. The third-order valence-electron chi connectivity index (χ3n) is 2.18. The van der Waals surface area contributed by atoms with Gasteiger partial charge >= 0.3 is 5.97 Å². The molecule has 0 aliphatic rings. The number of benzene rings is 1. The highest BCUT2D eigenvalue weighted by molar-refractivity contribution is 9.10. The number of methoxy groups -OCH3 is 1. The second-order valence-corrected chi connectivity index (χ2v) is 3.89. The van der Waals surface area contributed by atoms with Crippen LogP contribution in [0.2, 0.25) is 0 Å². The molecular formula is C10H8BrNO3. The fourth-order valence-electron chi connectivity index (χ4n) is 1.46. The summed E-state index contributed by atoms with van der Waals surface area (Å²) in [6.07, 6.45) is 1.47. The second-order valence-electron chi connectivity index (χ2n) is 3.04. The molecule has 4 nitrogen and oxygen atoms in total. The summed E-state index contributed by atoms with van der Waals surface area (Å²) in [4.78, 5) is 13.8. The number of aromatic carboxylic acids is 1. The molecule has 0 unspecified atom stereocenters. The Morgan fingerprint density at radius 3 is 2.87 bits per heavy atom. The molecule has 78 valence electrons. The van der Waals surface area contributed by atoms with Crippen LogP contribution in [0.15, 0.2) is 22.8 Å². The lowest BCUT2D eigenvalue weighted by Gasteiger charge is -2.03. The average Bonchev–Trinajstić information content (AvgIpc) is 2.59. The Hall–Kier alpha value is -1.49. The summed E-state index contributed by atoms with van der Waals surface area (Å²) in [5.74, 6) is -0.338. The largest absolute Gasteiger partial charge is 0.496 e. The molecule has 15 heavy (non-hydrogen) atoms. The fraction of sp³-hybridized carbons (Fsp3) is 0.100. The molecule has 0 bridgehead atoms. The molecule has 2 N–H and O–H groups in total. The van der Waals surface area contributed by atoms with Gasteiger partial charge in [0.05, 0.1) is 17.1 Å². The third kappa shape index (κ3) is 1.59. The summed E-state index contributed by atoms with van der Waals surface area (Å²) in [6, 6.07) is 3.49. The highest BCUT2D eigenvalue weighted by Gasteiger charge is 2.12. The van der Waals surface area contributed by atoms with Crippen LogP contribution in [-0.2, 0) is 0 Å². The van der Waals surface area contributed by atoms with Crippen molar-refractivity contribution in [3.63, 3.8) is 0 Å². The zero-order chi connectivity index (χ0) is 11.0. The van der Waals surface area contributed by atoms with Crippen molar-refractivity contribution in [2.45, 2.75) is 0 Å². The van der Waals surface area contributed by atoms with E-state index in [2.05, 4.69) is 20.9 Å². The topological polar surface area (TPSA) is 62.3 Å². The Bertz CT molecular complexity index is 533. The number of aromatic amines is 1. The van der Waals surface area contributed by atoms with Crippen molar-refractivity contribution in [3.05, 3.63) is 28.4 Å². The molecule has 0 aliphatic carbocycles. The predicted octanol–water partition coefficient (Wildman–Crippen LogP) is 2.64. The van der Waals surface area contributed by atoms with Gasteiger partial charge in [0, 0.05) is 17.1 Å². The monoisotopic (exact) mass is 269 g/mol. The first-order valence-corrected chi connectivity index (χ1v) is 5.00. The number of fused-ring (bicyclic) bond motifs is 1. The molecule has 1 aromatic carbocycles. The van der Waals surface area contributed by atoms with Gasteiger partial charge in [0.15, 0.2) is 0 Å². The standard InChI is InChI=1S/C10H8BrNO3/c1-15-9-2-5-6(10(13)14)4-12-8(5)3-7(9)11/h2-4,12H,1H3,(H,13,14). The van der Waals surface area contributed by atoms with Crippen LogP contribution in [0.4, 0.5) is 0 Å². The van der Waals surface area contributed by atoms with Crippen LogP contribution in [0.25, 0.3) is 10.9 Å². The summed E-state index contributed by atoms with van der Waals surface area (Å²) in [5.41, 5.74) is 1.01. The quantitative estimate of drug-likeness (QED) is 0.881. The molecule has 1 heterocycles. The van der Waals surface area contributed by atoms with Gasteiger partial charge in [-0.2, -0.15) is 0 Å². The minimum atomic E-state index is -0.953. The van der Waals surface area contributed by atoms with Crippen molar-refractivity contribution < 1.29 is 14.6 Å². The van der Waals surface area contributed by atoms with Gasteiger partial charge in [0.25, 0.3) is 0 Å². The molecule has 1 aromatic heterocycles. The molecule has 0 atom stereocenters. The fourth-order valence-corrected chi connectivity index (χ4v) is 1.96. The van der Waals surface area contributed by atoms with E-state index in [-0.39, 0.29) is 5.56 Å². The van der Waals surface area contributed by atoms with Crippen LogP contribution in [0.1, 0.15) is 10.4 Å². The van der Waals surface area contributed by atoms with Gasteiger partial charge < -0.3 is 14.8 Å². The van der Waals surface area contributed by atoms with Crippen molar-refractivity contribution in [2.75, 3.05) is 7.11 Å². The number of carbonyl (C=O) groups is 1. The highest BCUT2D eigenvalue weighted by Crippen LogP contribution is 2.31. The van der Waals surface area contributed by atoms with Crippen molar-refractivity contribution >= 4 is 32.8 Å². The van der Waals surface area contributed by atoms with Gasteiger partial charge in [-0.3, -0.25) is 0 Å². The van der Waals surface area contributed by atoms with Gasteiger partial charge in [-0.15, -0.1) is 0 Å².